The third-order valence-corrected chi connectivity index (χ3v) is 3.64. The Morgan fingerprint density at radius 3 is 2.94 bits per heavy atom. The van der Waals surface area contributed by atoms with Gasteiger partial charge in [-0.25, -0.2) is 4.98 Å². The Kier molecular flexibility index (Phi) is 3.54. The number of benzene rings is 1. The van der Waals surface area contributed by atoms with Crippen LogP contribution in [-0.2, 0) is 6.54 Å². The van der Waals surface area contributed by atoms with E-state index in [9.17, 15) is 0 Å². The van der Waals surface area contributed by atoms with Crippen LogP contribution >= 0.6 is 27.3 Å². The third-order valence-electron chi connectivity index (χ3n) is 2.00. The van der Waals surface area contributed by atoms with E-state index in [1.54, 1.807) is 6.20 Å². The zero-order chi connectivity index (χ0) is 11.4. The van der Waals surface area contributed by atoms with Gasteiger partial charge in [0.1, 0.15) is 10.9 Å². The number of thiazole rings is 1. The van der Waals surface area contributed by atoms with E-state index in [4.69, 9.17) is 5.26 Å². The molecule has 16 heavy (non-hydrogen) atoms. The average Bonchev–Trinajstić information content (AvgIpc) is 2.76. The summed E-state index contributed by atoms with van der Waals surface area (Å²) in [5, 5.41) is 12.6. The van der Waals surface area contributed by atoms with E-state index < -0.39 is 0 Å². The molecule has 0 atom stereocenters. The van der Waals surface area contributed by atoms with Gasteiger partial charge in [0, 0.05) is 11.0 Å². The highest BCUT2D eigenvalue weighted by Crippen LogP contribution is 2.20. The summed E-state index contributed by atoms with van der Waals surface area (Å²) in [5.74, 6) is 0. The summed E-state index contributed by atoms with van der Waals surface area (Å²) in [6.45, 7) is 0.694. The summed E-state index contributed by atoms with van der Waals surface area (Å²) < 4.78 is 1.07. The summed E-state index contributed by atoms with van der Waals surface area (Å²) in [7, 11) is 0. The van der Waals surface area contributed by atoms with Gasteiger partial charge in [-0.2, -0.15) is 5.26 Å². The standard InChI is InChI=1S/C11H8BrN3S/c12-10-4-2-1-3-8(10)6-14-11-15-7-9(5-13)16-11/h1-4,7H,6H2,(H,14,15). The van der Waals surface area contributed by atoms with Crippen molar-refractivity contribution in [2.24, 2.45) is 0 Å². The number of rotatable bonds is 3. The topological polar surface area (TPSA) is 48.7 Å². The SMILES string of the molecule is N#Cc1cnc(NCc2ccccc2Br)s1. The molecule has 0 aliphatic rings. The molecule has 1 heterocycles. The molecule has 1 aromatic carbocycles. The molecule has 0 unspecified atom stereocenters. The van der Waals surface area contributed by atoms with Crippen LogP contribution in [0.25, 0.3) is 0 Å². The Balaban J connectivity index is 2.03. The van der Waals surface area contributed by atoms with Crippen LogP contribution in [0.3, 0.4) is 0 Å². The molecule has 1 N–H and O–H groups in total. The number of hydrogen-bond acceptors (Lipinski definition) is 4. The summed E-state index contributed by atoms with van der Waals surface area (Å²) in [5.41, 5.74) is 1.16. The van der Waals surface area contributed by atoms with Crippen molar-refractivity contribution in [3.05, 3.63) is 45.4 Å². The minimum atomic E-state index is 0.620. The molecule has 5 heteroatoms. The average molecular weight is 294 g/mol. The molecular weight excluding hydrogens is 286 g/mol. The Bertz CT molecular complexity index is 530. The highest BCUT2D eigenvalue weighted by Gasteiger charge is 2.02. The predicted octanol–water partition coefficient (Wildman–Crippen LogP) is 3.39. The molecular formula is C11H8BrN3S. The molecule has 80 valence electrons. The molecule has 1 aromatic heterocycles. The molecule has 0 aliphatic heterocycles. The second-order valence-electron chi connectivity index (χ2n) is 3.09. The third kappa shape index (κ3) is 2.60. The van der Waals surface area contributed by atoms with Crippen molar-refractivity contribution in [3.63, 3.8) is 0 Å². The van der Waals surface area contributed by atoms with E-state index in [-0.39, 0.29) is 0 Å². The monoisotopic (exact) mass is 293 g/mol. The lowest BCUT2D eigenvalue weighted by Gasteiger charge is -2.04. The first-order valence-electron chi connectivity index (χ1n) is 4.63. The number of hydrogen-bond donors (Lipinski definition) is 1. The Morgan fingerprint density at radius 1 is 1.44 bits per heavy atom. The Morgan fingerprint density at radius 2 is 2.25 bits per heavy atom. The van der Waals surface area contributed by atoms with Crippen LogP contribution < -0.4 is 5.32 Å². The molecule has 2 aromatic rings. The molecule has 0 aliphatic carbocycles. The van der Waals surface area contributed by atoms with Gasteiger partial charge >= 0.3 is 0 Å². The van der Waals surface area contributed by atoms with Gasteiger partial charge in [-0.05, 0) is 11.6 Å². The van der Waals surface area contributed by atoms with Gasteiger partial charge in [-0.15, -0.1) is 0 Å². The van der Waals surface area contributed by atoms with Gasteiger partial charge in [0.25, 0.3) is 0 Å². The molecule has 0 saturated carbocycles. The Hall–Kier alpha value is -1.38. The second-order valence-corrected chi connectivity index (χ2v) is 4.97. The fourth-order valence-corrected chi connectivity index (χ4v) is 2.25. The number of anilines is 1. The summed E-state index contributed by atoms with van der Waals surface area (Å²) in [6, 6.07) is 10.1. The fraction of sp³-hybridized carbons (Fsp3) is 0.0909. The summed E-state index contributed by atoms with van der Waals surface area (Å²) in [4.78, 5) is 4.72. The minimum absolute atomic E-state index is 0.620. The quantitative estimate of drug-likeness (QED) is 0.944. The van der Waals surface area contributed by atoms with Gasteiger partial charge in [-0.1, -0.05) is 45.5 Å². The molecule has 0 radical (unpaired) electrons. The van der Waals surface area contributed by atoms with E-state index in [2.05, 4.69) is 32.3 Å². The Labute approximate surface area is 106 Å². The van der Waals surface area contributed by atoms with Gasteiger partial charge < -0.3 is 5.32 Å². The maximum atomic E-state index is 8.67. The number of aromatic nitrogens is 1. The van der Waals surface area contributed by atoms with Crippen LogP contribution in [0.5, 0.6) is 0 Å². The van der Waals surface area contributed by atoms with Crippen LogP contribution in [-0.4, -0.2) is 4.98 Å². The number of nitrogens with zero attached hydrogens (tertiary/aromatic N) is 2. The van der Waals surface area contributed by atoms with Crippen molar-refractivity contribution in [2.45, 2.75) is 6.54 Å². The van der Waals surface area contributed by atoms with Crippen molar-refractivity contribution in [1.29, 1.82) is 5.26 Å². The number of halogens is 1. The smallest absolute Gasteiger partial charge is 0.184 e. The normalized spacial score (nSPS) is 9.75. The molecule has 3 nitrogen and oxygen atoms in total. The first-order chi connectivity index (χ1) is 7.79. The lowest BCUT2D eigenvalue weighted by Crippen LogP contribution is -1.99. The zero-order valence-corrected chi connectivity index (χ0v) is 10.7. The largest absolute Gasteiger partial charge is 0.357 e. The van der Waals surface area contributed by atoms with Gasteiger partial charge in [-0.3, -0.25) is 0 Å². The maximum absolute atomic E-state index is 8.67. The van der Waals surface area contributed by atoms with E-state index in [0.717, 1.165) is 15.2 Å². The molecule has 0 amide bonds. The van der Waals surface area contributed by atoms with E-state index in [1.165, 1.54) is 11.3 Å². The second kappa shape index (κ2) is 5.10. The minimum Gasteiger partial charge on any atom is -0.357 e. The highest BCUT2D eigenvalue weighted by molar-refractivity contribution is 9.10. The fourth-order valence-electron chi connectivity index (χ4n) is 1.22. The van der Waals surface area contributed by atoms with Crippen molar-refractivity contribution < 1.29 is 0 Å². The van der Waals surface area contributed by atoms with Crippen LogP contribution in [0, 0.1) is 11.3 Å². The number of nitrogens with one attached hydrogen (secondary N) is 1. The van der Waals surface area contributed by atoms with E-state index in [1.807, 2.05) is 24.3 Å². The van der Waals surface area contributed by atoms with Crippen LogP contribution in [0.4, 0.5) is 5.13 Å². The van der Waals surface area contributed by atoms with Gasteiger partial charge in [0.2, 0.25) is 0 Å². The van der Waals surface area contributed by atoms with Crippen molar-refractivity contribution in [1.82, 2.24) is 4.98 Å². The van der Waals surface area contributed by atoms with Crippen LogP contribution in [0.15, 0.2) is 34.9 Å². The molecule has 0 bridgehead atoms. The van der Waals surface area contributed by atoms with Gasteiger partial charge in [0.15, 0.2) is 5.13 Å². The molecule has 0 saturated heterocycles. The number of nitriles is 1. The zero-order valence-electron chi connectivity index (χ0n) is 8.27. The van der Waals surface area contributed by atoms with Crippen molar-refractivity contribution in [2.75, 3.05) is 5.32 Å². The lowest BCUT2D eigenvalue weighted by molar-refractivity contribution is 1.12. The lowest BCUT2D eigenvalue weighted by atomic mass is 10.2. The first kappa shape index (κ1) is 11.1. The van der Waals surface area contributed by atoms with E-state index >= 15 is 0 Å². The van der Waals surface area contributed by atoms with Crippen LogP contribution in [0.2, 0.25) is 0 Å². The van der Waals surface area contributed by atoms with Crippen molar-refractivity contribution >= 4 is 32.4 Å². The van der Waals surface area contributed by atoms with E-state index in [0.29, 0.717) is 11.4 Å². The van der Waals surface area contributed by atoms with Crippen LogP contribution in [0.1, 0.15) is 10.4 Å². The predicted molar refractivity (Wildman–Crippen MR) is 68.3 cm³/mol. The summed E-state index contributed by atoms with van der Waals surface area (Å²) >= 11 is 4.84. The molecule has 2 rings (SSSR count). The maximum Gasteiger partial charge on any atom is 0.184 e. The molecule has 0 spiro atoms. The molecule has 0 fully saturated rings. The first-order valence-corrected chi connectivity index (χ1v) is 6.24. The summed E-state index contributed by atoms with van der Waals surface area (Å²) in [6.07, 6.45) is 1.58. The van der Waals surface area contributed by atoms with Crippen molar-refractivity contribution in [3.8, 4) is 6.07 Å². The highest BCUT2D eigenvalue weighted by atomic mass is 79.9. The van der Waals surface area contributed by atoms with Gasteiger partial charge in [0.05, 0.1) is 6.20 Å².